The molecule has 0 unspecified atom stereocenters. The molecule has 0 fully saturated rings. The minimum atomic E-state index is -0.276. The fourth-order valence-electron chi connectivity index (χ4n) is 3.72. The van der Waals surface area contributed by atoms with E-state index in [0.29, 0.717) is 28.5 Å². The van der Waals surface area contributed by atoms with Crippen LogP contribution in [-0.2, 0) is 14.1 Å². The van der Waals surface area contributed by atoms with Gasteiger partial charge in [0, 0.05) is 36.8 Å². The summed E-state index contributed by atoms with van der Waals surface area (Å²) in [7, 11) is 8.41. The van der Waals surface area contributed by atoms with Gasteiger partial charge in [0.25, 0.3) is 0 Å². The molecule has 2 aromatic heterocycles. The predicted octanol–water partition coefficient (Wildman–Crippen LogP) is 4.41. The molecule has 6 nitrogen and oxygen atoms in total. The van der Waals surface area contributed by atoms with E-state index in [1.54, 1.807) is 38.3 Å². The van der Waals surface area contributed by atoms with E-state index in [1.165, 1.54) is 0 Å². The van der Waals surface area contributed by atoms with Crippen LogP contribution < -0.4 is 14.2 Å². The molecule has 2 heterocycles. The molecule has 29 heavy (non-hydrogen) atoms. The Morgan fingerprint density at radius 3 is 2.17 bits per heavy atom. The predicted molar refractivity (Wildman–Crippen MR) is 110 cm³/mol. The van der Waals surface area contributed by atoms with Crippen LogP contribution in [-0.4, -0.2) is 35.4 Å². The Kier molecular flexibility index (Phi) is 4.66. The molecule has 0 saturated heterocycles. The number of aryl methyl sites for hydroxylation is 2. The van der Waals surface area contributed by atoms with Crippen LogP contribution in [0.3, 0.4) is 0 Å². The number of ether oxygens (including phenoxy) is 3. The Labute approximate surface area is 168 Å². The van der Waals surface area contributed by atoms with Crippen LogP contribution >= 0.6 is 0 Å². The first-order valence-corrected chi connectivity index (χ1v) is 9.05. The fourth-order valence-corrected chi connectivity index (χ4v) is 3.72. The summed E-state index contributed by atoms with van der Waals surface area (Å²) in [5.41, 5.74) is 3.59. The van der Waals surface area contributed by atoms with Gasteiger partial charge in [0.05, 0.1) is 44.6 Å². The van der Waals surface area contributed by atoms with E-state index in [1.807, 2.05) is 49.1 Å². The fraction of sp³-hybridized carbons (Fsp3) is 0.227. The zero-order valence-electron chi connectivity index (χ0n) is 17.0. The quantitative estimate of drug-likeness (QED) is 0.502. The maximum absolute atomic E-state index is 14.8. The van der Waals surface area contributed by atoms with Gasteiger partial charge in [-0.2, -0.15) is 0 Å². The van der Waals surface area contributed by atoms with E-state index in [-0.39, 0.29) is 5.82 Å². The molecule has 7 heteroatoms. The third kappa shape index (κ3) is 2.99. The SMILES string of the molecule is COc1cc(-c2ncn(C)c2-c2cc(F)c3c(ccn3C)c2)cc(OC)c1OC. The zero-order valence-corrected chi connectivity index (χ0v) is 17.0. The zero-order chi connectivity index (χ0) is 20.7. The monoisotopic (exact) mass is 395 g/mol. The minimum absolute atomic E-state index is 0.276. The highest BCUT2D eigenvalue weighted by Crippen LogP contribution is 2.43. The first kappa shape index (κ1) is 18.9. The Morgan fingerprint density at radius 2 is 1.55 bits per heavy atom. The average Bonchev–Trinajstić information content (AvgIpc) is 3.29. The molecule has 0 aliphatic heterocycles. The molecule has 4 rings (SSSR count). The second kappa shape index (κ2) is 7.16. The Morgan fingerprint density at radius 1 is 0.862 bits per heavy atom. The van der Waals surface area contributed by atoms with Gasteiger partial charge in [-0.3, -0.25) is 0 Å². The van der Waals surface area contributed by atoms with Crippen LogP contribution in [0.25, 0.3) is 33.4 Å². The maximum Gasteiger partial charge on any atom is 0.203 e. The van der Waals surface area contributed by atoms with E-state index >= 15 is 0 Å². The lowest BCUT2D eigenvalue weighted by Crippen LogP contribution is -1.97. The molecule has 0 amide bonds. The Balaban J connectivity index is 1.94. The molecule has 0 radical (unpaired) electrons. The highest BCUT2D eigenvalue weighted by atomic mass is 19.1. The summed E-state index contributed by atoms with van der Waals surface area (Å²) in [4.78, 5) is 4.57. The maximum atomic E-state index is 14.8. The van der Waals surface area contributed by atoms with Crippen LogP contribution in [0.2, 0.25) is 0 Å². The van der Waals surface area contributed by atoms with Crippen molar-refractivity contribution in [2.24, 2.45) is 14.1 Å². The minimum Gasteiger partial charge on any atom is -0.493 e. The number of nitrogens with zero attached hydrogens (tertiary/aromatic N) is 3. The van der Waals surface area contributed by atoms with E-state index in [4.69, 9.17) is 14.2 Å². The van der Waals surface area contributed by atoms with Crippen molar-refractivity contribution in [3.05, 3.63) is 48.7 Å². The third-order valence-corrected chi connectivity index (χ3v) is 5.07. The van der Waals surface area contributed by atoms with Gasteiger partial charge in [0.15, 0.2) is 11.5 Å². The van der Waals surface area contributed by atoms with E-state index in [9.17, 15) is 4.39 Å². The number of halogens is 1. The number of aromatic nitrogens is 3. The molecule has 0 bridgehead atoms. The molecule has 4 aromatic rings. The van der Waals surface area contributed by atoms with Gasteiger partial charge in [-0.1, -0.05) is 0 Å². The molecule has 0 saturated carbocycles. The van der Waals surface area contributed by atoms with Crippen molar-refractivity contribution < 1.29 is 18.6 Å². The largest absolute Gasteiger partial charge is 0.493 e. The molecule has 0 spiro atoms. The summed E-state index contributed by atoms with van der Waals surface area (Å²) < 4.78 is 34.8. The smallest absolute Gasteiger partial charge is 0.203 e. The Hall–Kier alpha value is -3.48. The van der Waals surface area contributed by atoms with Crippen molar-refractivity contribution in [1.82, 2.24) is 14.1 Å². The summed E-state index contributed by atoms with van der Waals surface area (Å²) >= 11 is 0. The van der Waals surface area contributed by atoms with Gasteiger partial charge in [-0.05, 0) is 30.3 Å². The topological polar surface area (TPSA) is 50.4 Å². The lowest BCUT2D eigenvalue weighted by molar-refractivity contribution is 0.324. The molecule has 2 aromatic carbocycles. The summed E-state index contributed by atoms with van der Waals surface area (Å²) in [5.74, 6) is 1.29. The van der Waals surface area contributed by atoms with Crippen LogP contribution in [0.4, 0.5) is 4.39 Å². The summed E-state index contributed by atoms with van der Waals surface area (Å²) in [6.07, 6.45) is 3.56. The molecule has 0 aliphatic carbocycles. The Bertz CT molecular complexity index is 1180. The molecular formula is C22H22FN3O3. The van der Waals surface area contributed by atoms with E-state index < -0.39 is 0 Å². The third-order valence-electron chi connectivity index (χ3n) is 5.07. The first-order valence-electron chi connectivity index (χ1n) is 9.05. The second-order valence-corrected chi connectivity index (χ2v) is 6.79. The molecular weight excluding hydrogens is 373 g/mol. The molecule has 0 aliphatic rings. The van der Waals surface area contributed by atoms with Crippen molar-refractivity contribution >= 4 is 10.9 Å². The van der Waals surface area contributed by atoms with Gasteiger partial charge < -0.3 is 23.3 Å². The number of hydrogen-bond acceptors (Lipinski definition) is 4. The normalized spacial score (nSPS) is 11.1. The summed E-state index contributed by atoms with van der Waals surface area (Å²) in [6, 6.07) is 9.09. The van der Waals surface area contributed by atoms with Crippen molar-refractivity contribution in [3.63, 3.8) is 0 Å². The molecule has 0 atom stereocenters. The number of hydrogen-bond donors (Lipinski definition) is 0. The van der Waals surface area contributed by atoms with Crippen LogP contribution in [0.5, 0.6) is 17.2 Å². The van der Waals surface area contributed by atoms with Gasteiger partial charge in [0.1, 0.15) is 5.82 Å². The second-order valence-electron chi connectivity index (χ2n) is 6.79. The van der Waals surface area contributed by atoms with Crippen LogP contribution in [0.1, 0.15) is 0 Å². The first-order chi connectivity index (χ1) is 14.0. The average molecular weight is 395 g/mol. The van der Waals surface area contributed by atoms with E-state index in [0.717, 1.165) is 22.2 Å². The number of imidazole rings is 1. The summed E-state index contributed by atoms with van der Waals surface area (Å²) in [6.45, 7) is 0. The number of fused-ring (bicyclic) bond motifs is 1. The lowest BCUT2D eigenvalue weighted by atomic mass is 10.0. The van der Waals surface area contributed by atoms with Crippen LogP contribution in [0.15, 0.2) is 42.9 Å². The highest BCUT2D eigenvalue weighted by molar-refractivity contribution is 5.89. The van der Waals surface area contributed by atoms with Gasteiger partial charge in [-0.25, -0.2) is 9.37 Å². The molecule has 150 valence electrons. The number of benzene rings is 2. The summed E-state index contributed by atoms with van der Waals surface area (Å²) in [5, 5.41) is 0.833. The van der Waals surface area contributed by atoms with Gasteiger partial charge in [-0.15, -0.1) is 0 Å². The van der Waals surface area contributed by atoms with Gasteiger partial charge >= 0.3 is 0 Å². The van der Waals surface area contributed by atoms with E-state index in [2.05, 4.69) is 4.98 Å². The standard InChI is InChI=1S/C22H22FN3O3/c1-25-7-6-13-8-15(9-16(23)20(13)25)21-19(24-12-26(21)2)14-10-17(27-3)22(29-5)18(11-14)28-4/h6-12H,1-5H3. The van der Waals surface area contributed by atoms with Crippen molar-refractivity contribution in [1.29, 1.82) is 0 Å². The van der Waals surface area contributed by atoms with Crippen molar-refractivity contribution in [2.45, 2.75) is 0 Å². The van der Waals surface area contributed by atoms with Crippen molar-refractivity contribution in [2.75, 3.05) is 21.3 Å². The number of rotatable bonds is 5. The van der Waals surface area contributed by atoms with Crippen LogP contribution in [0, 0.1) is 5.82 Å². The molecule has 0 N–H and O–H groups in total. The van der Waals surface area contributed by atoms with Gasteiger partial charge in [0.2, 0.25) is 5.75 Å². The number of methoxy groups -OCH3 is 3. The lowest BCUT2D eigenvalue weighted by Gasteiger charge is -2.14. The highest BCUT2D eigenvalue weighted by Gasteiger charge is 2.20. The van der Waals surface area contributed by atoms with Crippen molar-refractivity contribution in [3.8, 4) is 39.8 Å².